The first kappa shape index (κ1) is 11.8. The number of anilines is 2. The van der Waals surface area contributed by atoms with Gasteiger partial charge in [-0.2, -0.15) is 0 Å². The van der Waals surface area contributed by atoms with Crippen LogP contribution in [0.2, 0.25) is 0 Å². The number of pyridine rings is 1. The highest BCUT2D eigenvalue weighted by Gasteiger charge is 2.07. The van der Waals surface area contributed by atoms with Gasteiger partial charge in [-0.1, -0.05) is 6.07 Å². The second-order valence-electron chi connectivity index (χ2n) is 3.44. The number of hydrogen-bond acceptors (Lipinski definition) is 3. The van der Waals surface area contributed by atoms with Crippen LogP contribution in [0.5, 0.6) is 0 Å². The molecule has 0 aliphatic rings. The number of halogens is 1. The van der Waals surface area contributed by atoms with Crippen LogP contribution in [0.25, 0.3) is 0 Å². The standard InChI is InChI=1S/C12H10IN3O/c13-8-2-1-3-10(6-8)16-12(17)11-7-9(14)4-5-15-11/h1-7H,(H2,14,15)(H,16,17). The van der Waals surface area contributed by atoms with Gasteiger partial charge < -0.3 is 11.1 Å². The molecule has 1 amide bonds. The quantitative estimate of drug-likeness (QED) is 0.827. The summed E-state index contributed by atoms with van der Waals surface area (Å²) in [5, 5.41) is 2.76. The average Bonchev–Trinajstić information content (AvgIpc) is 2.29. The lowest BCUT2D eigenvalue weighted by Gasteiger charge is -2.05. The molecule has 0 aliphatic heterocycles. The van der Waals surface area contributed by atoms with Crippen molar-refractivity contribution in [2.75, 3.05) is 11.1 Å². The summed E-state index contributed by atoms with van der Waals surface area (Å²) >= 11 is 2.19. The fourth-order valence-electron chi connectivity index (χ4n) is 1.33. The fraction of sp³-hybridized carbons (Fsp3) is 0. The van der Waals surface area contributed by atoms with Gasteiger partial charge >= 0.3 is 0 Å². The summed E-state index contributed by atoms with van der Waals surface area (Å²) in [5.74, 6) is -0.265. The summed E-state index contributed by atoms with van der Waals surface area (Å²) in [6.45, 7) is 0. The molecule has 2 rings (SSSR count). The van der Waals surface area contributed by atoms with Crippen LogP contribution in [0, 0.1) is 3.57 Å². The predicted octanol–water partition coefficient (Wildman–Crippen LogP) is 2.52. The van der Waals surface area contributed by atoms with E-state index in [0.29, 0.717) is 11.4 Å². The van der Waals surface area contributed by atoms with Crippen molar-refractivity contribution in [2.24, 2.45) is 0 Å². The summed E-state index contributed by atoms with van der Waals surface area (Å²) < 4.78 is 1.06. The van der Waals surface area contributed by atoms with E-state index in [1.54, 1.807) is 12.1 Å². The lowest BCUT2D eigenvalue weighted by molar-refractivity contribution is 0.102. The Morgan fingerprint density at radius 1 is 1.29 bits per heavy atom. The lowest BCUT2D eigenvalue weighted by Crippen LogP contribution is -2.13. The van der Waals surface area contributed by atoms with Crippen LogP contribution in [0.1, 0.15) is 10.5 Å². The molecule has 5 heteroatoms. The van der Waals surface area contributed by atoms with Crippen LogP contribution in [-0.4, -0.2) is 10.9 Å². The smallest absolute Gasteiger partial charge is 0.274 e. The van der Waals surface area contributed by atoms with Crippen molar-refractivity contribution in [3.63, 3.8) is 0 Å². The molecule has 0 bridgehead atoms. The molecule has 0 fully saturated rings. The highest BCUT2D eigenvalue weighted by atomic mass is 127. The van der Waals surface area contributed by atoms with Crippen molar-refractivity contribution in [3.05, 3.63) is 51.9 Å². The third-order valence-electron chi connectivity index (χ3n) is 2.10. The summed E-state index contributed by atoms with van der Waals surface area (Å²) in [4.78, 5) is 15.8. The van der Waals surface area contributed by atoms with E-state index in [0.717, 1.165) is 9.26 Å². The maximum atomic E-state index is 11.8. The zero-order valence-corrected chi connectivity index (χ0v) is 11.0. The monoisotopic (exact) mass is 339 g/mol. The molecule has 4 nitrogen and oxygen atoms in total. The molecule has 1 aromatic heterocycles. The van der Waals surface area contributed by atoms with Gasteiger partial charge in [-0.05, 0) is 52.9 Å². The number of carbonyl (C=O) groups is 1. The highest BCUT2D eigenvalue weighted by molar-refractivity contribution is 14.1. The van der Waals surface area contributed by atoms with E-state index in [4.69, 9.17) is 5.73 Å². The fourth-order valence-corrected chi connectivity index (χ4v) is 1.88. The van der Waals surface area contributed by atoms with E-state index >= 15 is 0 Å². The number of nitrogens with zero attached hydrogens (tertiary/aromatic N) is 1. The number of nitrogens with two attached hydrogens (primary N) is 1. The van der Waals surface area contributed by atoms with E-state index < -0.39 is 0 Å². The molecule has 3 N–H and O–H groups in total. The van der Waals surface area contributed by atoms with Crippen LogP contribution in [-0.2, 0) is 0 Å². The largest absolute Gasteiger partial charge is 0.399 e. The van der Waals surface area contributed by atoms with Crippen LogP contribution in [0.15, 0.2) is 42.6 Å². The van der Waals surface area contributed by atoms with E-state index in [1.807, 2.05) is 24.3 Å². The SMILES string of the molecule is Nc1ccnc(C(=O)Nc2cccc(I)c2)c1. The molecule has 0 saturated carbocycles. The molecule has 1 aromatic carbocycles. The number of rotatable bonds is 2. The van der Waals surface area contributed by atoms with Gasteiger partial charge in [-0.15, -0.1) is 0 Å². The Bertz CT molecular complexity index is 557. The van der Waals surface area contributed by atoms with Gasteiger partial charge in [0.25, 0.3) is 5.91 Å². The van der Waals surface area contributed by atoms with Gasteiger partial charge in [-0.25, -0.2) is 0 Å². The third kappa shape index (κ3) is 3.16. The Morgan fingerprint density at radius 2 is 2.12 bits per heavy atom. The van der Waals surface area contributed by atoms with Crippen LogP contribution >= 0.6 is 22.6 Å². The molecule has 1 heterocycles. The first-order chi connectivity index (χ1) is 8.15. The molecule has 0 radical (unpaired) electrons. The number of aromatic nitrogens is 1. The third-order valence-corrected chi connectivity index (χ3v) is 2.77. The molecular weight excluding hydrogens is 329 g/mol. The van der Waals surface area contributed by atoms with Gasteiger partial charge in [0.05, 0.1) is 0 Å². The maximum Gasteiger partial charge on any atom is 0.274 e. The summed E-state index contributed by atoms with van der Waals surface area (Å²) in [6.07, 6.45) is 1.51. The molecule has 0 atom stereocenters. The van der Waals surface area contributed by atoms with Gasteiger partial charge in [0.2, 0.25) is 0 Å². The van der Waals surface area contributed by atoms with Crippen molar-refractivity contribution in [3.8, 4) is 0 Å². The Kier molecular flexibility index (Phi) is 3.58. The zero-order valence-electron chi connectivity index (χ0n) is 8.85. The highest BCUT2D eigenvalue weighted by Crippen LogP contribution is 2.13. The van der Waals surface area contributed by atoms with E-state index in [9.17, 15) is 4.79 Å². The van der Waals surface area contributed by atoms with Gasteiger partial charge in [-0.3, -0.25) is 9.78 Å². The molecule has 2 aromatic rings. The minimum absolute atomic E-state index is 0.265. The predicted molar refractivity (Wildman–Crippen MR) is 75.8 cm³/mol. The molecule has 0 aliphatic carbocycles. The van der Waals surface area contributed by atoms with Crippen molar-refractivity contribution >= 4 is 39.9 Å². The van der Waals surface area contributed by atoms with Crippen molar-refractivity contribution < 1.29 is 4.79 Å². The number of amides is 1. The lowest BCUT2D eigenvalue weighted by atomic mass is 10.3. The van der Waals surface area contributed by atoms with Crippen molar-refractivity contribution in [2.45, 2.75) is 0 Å². The first-order valence-corrected chi connectivity index (χ1v) is 6.01. The number of benzene rings is 1. The van der Waals surface area contributed by atoms with Crippen LogP contribution in [0.3, 0.4) is 0 Å². The Balaban J connectivity index is 2.17. The number of hydrogen-bond donors (Lipinski definition) is 2. The molecule has 17 heavy (non-hydrogen) atoms. The molecule has 0 unspecified atom stereocenters. The Labute approximate surface area is 112 Å². The number of nitrogens with one attached hydrogen (secondary N) is 1. The van der Waals surface area contributed by atoms with Gasteiger partial charge in [0.15, 0.2) is 0 Å². The number of nitrogen functional groups attached to an aromatic ring is 1. The second-order valence-corrected chi connectivity index (χ2v) is 4.68. The molecular formula is C12H10IN3O. The Morgan fingerprint density at radius 3 is 2.82 bits per heavy atom. The van der Waals surface area contributed by atoms with E-state index in [1.165, 1.54) is 6.20 Å². The minimum atomic E-state index is -0.265. The minimum Gasteiger partial charge on any atom is -0.399 e. The first-order valence-electron chi connectivity index (χ1n) is 4.93. The van der Waals surface area contributed by atoms with E-state index in [-0.39, 0.29) is 5.91 Å². The molecule has 0 spiro atoms. The normalized spacial score (nSPS) is 9.94. The van der Waals surface area contributed by atoms with E-state index in [2.05, 4.69) is 32.9 Å². The summed E-state index contributed by atoms with van der Waals surface area (Å²) in [5.41, 5.74) is 7.16. The summed E-state index contributed by atoms with van der Waals surface area (Å²) in [7, 11) is 0. The van der Waals surface area contributed by atoms with Crippen molar-refractivity contribution in [1.82, 2.24) is 4.98 Å². The Hall–Kier alpha value is -1.63. The number of carbonyl (C=O) groups excluding carboxylic acids is 1. The van der Waals surface area contributed by atoms with Gasteiger partial charge in [0.1, 0.15) is 5.69 Å². The topological polar surface area (TPSA) is 68.0 Å². The van der Waals surface area contributed by atoms with Crippen LogP contribution in [0.4, 0.5) is 11.4 Å². The molecule has 0 saturated heterocycles. The second kappa shape index (κ2) is 5.13. The van der Waals surface area contributed by atoms with Crippen molar-refractivity contribution in [1.29, 1.82) is 0 Å². The average molecular weight is 339 g/mol. The molecule has 86 valence electrons. The van der Waals surface area contributed by atoms with Gasteiger partial charge in [0, 0.05) is 21.1 Å². The summed E-state index contributed by atoms with van der Waals surface area (Å²) in [6, 6.07) is 10.7. The maximum absolute atomic E-state index is 11.8. The zero-order chi connectivity index (χ0) is 12.3. The van der Waals surface area contributed by atoms with Crippen LogP contribution < -0.4 is 11.1 Å².